The number of hydrogen-bond acceptors (Lipinski definition) is 4. The lowest BCUT2D eigenvalue weighted by Gasteiger charge is -2.45. The van der Waals surface area contributed by atoms with Crippen molar-refractivity contribution in [3.05, 3.63) is 59.9 Å². The lowest BCUT2D eigenvalue weighted by molar-refractivity contribution is -0.0635. The van der Waals surface area contributed by atoms with E-state index in [1.807, 2.05) is 33.8 Å². The molecule has 0 spiro atoms. The molecule has 3 N–H and O–H groups in total. The van der Waals surface area contributed by atoms with Gasteiger partial charge in [-0.2, -0.15) is 0 Å². The summed E-state index contributed by atoms with van der Waals surface area (Å²) in [6, 6.07) is 0. The Morgan fingerprint density at radius 2 is 1.58 bits per heavy atom. The standard InChI is InChI=1S/C43H72O4.C13H28.C2H6/c1-11-15-34-26-37(44)23-25-43(10,46)41(47-29(3)4)22-19-31(6)38(27-34)30(5)16-14-24-42(9,36-17-13-18-36)28-39(35-20-21-35)32(7)33(8)40(45)12-2;1-5-8-9-13(7-3)11-10-12(4)6-2;1-2/h14-16,19,22,24,31-33,35-41,44-46H,3,11-13,17-18,20-21,23,25-28H2,1-2,4-10H3;12-13H,5-11H2,1-4H3;1-2H3/b22-19+,24-14+,30-16+,34-15-;;. The highest BCUT2D eigenvalue weighted by molar-refractivity contribution is 5.22. The van der Waals surface area contributed by atoms with Crippen LogP contribution in [0.3, 0.4) is 0 Å². The molecule has 362 valence electrons. The van der Waals surface area contributed by atoms with E-state index in [4.69, 9.17) is 4.74 Å². The van der Waals surface area contributed by atoms with Crippen LogP contribution in [0.1, 0.15) is 226 Å². The summed E-state index contributed by atoms with van der Waals surface area (Å²) in [5.74, 6) is 6.05. The average Bonchev–Trinajstić information content (AvgIpc) is 4.07. The minimum atomic E-state index is -1.11. The van der Waals surface area contributed by atoms with Gasteiger partial charge < -0.3 is 20.1 Å². The van der Waals surface area contributed by atoms with Gasteiger partial charge >= 0.3 is 0 Å². The molecular formula is C58H106O4. The molecule has 0 aromatic carbocycles. The lowest BCUT2D eigenvalue weighted by atomic mass is 9.60. The number of allylic oxidation sites excluding steroid dienone is 7. The summed E-state index contributed by atoms with van der Waals surface area (Å²) in [7, 11) is 0. The van der Waals surface area contributed by atoms with E-state index in [0.717, 1.165) is 42.9 Å². The Kier molecular flexibility index (Phi) is 28.8. The third-order valence-electron chi connectivity index (χ3n) is 15.8. The van der Waals surface area contributed by atoms with Gasteiger partial charge in [0, 0.05) is 0 Å². The van der Waals surface area contributed by atoms with Crippen LogP contribution in [0, 0.1) is 58.7 Å². The third kappa shape index (κ3) is 20.7. The molecule has 0 aromatic heterocycles. The molecule has 0 saturated heterocycles. The molecule has 2 fully saturated rings. The summed E-state index contributed by atoms with van der Waals surface area (Å²) in [5, 5.41) is 33.2. The summed E-state index contributed by atoms with van der Waals surface area (Å²) in [6.45, 7) is 36.9. The second kappa shape index (κ2) is 30.6. The fourth-order valence-electron chi connectivity index (χ4n) is 10.3. The van der Waals surface area contributed by atoms with Gasteiger partial charge in [-0.15, -0.1) is 0 Å². The van der Waals surface area contributed by atoms with Gasteiger partial charge in [-0.3, -0.25) is 0 Å². The van der Waals surface area contributed by atoms with Crippen LogP contribution in [0.25, 0.3) is 0 Å². The highest BCUT2D eigenvalue weighted by atomic mass is 16.5. The SMILES string of the molecule is C=C(C)OC1/C=C/C(C)C(/C(C)=C/C=C/C(C)(CC(C2CC2)C(C)C(C)C(O)CC)C2CCC2)C/C(=C\CC)CC(O)CCC1(C)O.CC.CCCCC(CC)CCC(C)CC. The Bertz CT molecular complexity index is 1310. The first-order valence-corrected chi connectivity index (χ1v) is 26.5. The van der Waals surface area contributed by atoms with Gasteiger partial charge in [0.2, 0.25) is 0 Å². The molecule has 3 rings (SSSR count). The van der Waals surface area contributed by atoms with E-state index in [0.29, 0.717) is 42.8 Å². The molecular weight excluding hydrogens is 761 g/mol. The van der Waals surface area contributed by atoms with E-state index in [2.05, 4.69) is 113 Å². The number of ether oxygens (including phenoxy) is 1. The summed E-state index contributed by atoms with van der Waals surface area (Å²) < 4.78 is 6.03. The molecule has 0 amide bonds. The van der Waals surface area contributed by atoms with Crippen LogP contribution in [0.5, 0.6) is 0 Å². The van der Waals surface area contributed by atoms with Gasteiger partial charge in [0.1, 0.15) is 11.7 Å². The van der Waals surface area contributed by atoms with E-state index in [1.165, 1.54) is 94.6 Å². The summed E-state index contributed by atoms with van der Waals surface area (Å²) in [5.41, 5.74) is 1.70. The Morgan fingerprint density at radius 3 is 2.10 bits per heavy atom. The van der Waals surface area contributed by atoms with Gasteiger partial charge in [0.15, 0.2) is 0 Å². The van der Waals surface area contributed by atoms with Crippen molar-refractivity contribution in [1.29, 1.82) is 0 Å². The van der Waals surface area contributed by atoms with Crippen LogP contribution in [-0.2, 0) is 4.74 Å². The van der Waals surface area contributed by atoms with E-state index in [-0.39, 0.29) is 23.4 Å². The first-order valence-electron chi connectivity index (χ1n) is 26.5. The summed E-state index contributed by atoms with van der Waals surface area (Å²) in [4.78, 5) is 0. The Labute approximate surface area is 387 Å². The highest BCUT2D eigenvalue weighted by Crippen LogP contribution is 2.53. The fraction of sp³-hybridized carbons (Fsp3) is 0.828. The zero-order chi connectivity index (χ0) is 47.0. The molecule has 4 nitrogen and oxygen atoms in total. The molecule has 62 heavy (non-hydrogen) atoms. The van der Waals surface area contributed by atoms with Crippen molar-refractivity contribution in [2.24, 2.45) is 58.7 Å². The van der Waals surface area contributed by atoms with Crippen molar-refractivity contribution < 1.29 is 20.1 Å². The number of rotatable bonds is 22. The first kappa shape index (κ1) is 58.4. The second-order valence-electron chi connectivity index (χ2n) is 21.1. The Balaban J connectivity index is 0.00000109. The van der Waals surface area contributed by atoms with Crippen molar-refractivity contribution in [3.63, 3.8) is 0 Å². The normalized spacial score (nSPS) is 29.1. The van der Waals surface area contributed by atoms with Crippen LogP contribution in [0.2, 0.25) is 0 Å². The number of aliphatic hydroxyl groups is 3. The molecule has 3 aliphatic carbocycles. The summed E-state index contributed by atoms with van der Waals surface area (Å²) >= 11 is 0. The van der Waals surface area contributed by atoms with Crippen LogP contribution in [0.4, 0.5) is 0 Å². The maximum atomic E-state index is 11.4. The van der Waals surface area contributed by atoms with Gasteiger partial charge in [0.25, 0.3) is 0 Å². The number of unbranched alkanes of at least 4 members (excludes halogenated alkanes) is 1. The van der Waals surface area contributed by atoms with Gasteiger partial charge in [-0.25, -0.2) is 0 Å². The third-order valence-corrected chi connectivity index (χ3v) is 15.8. The second-order valence-corrected chi connectivity index (χ2v) is 21.1. The zero-order valence-electron chi connectivity index (χ0n) is 43.8. The van der Waals surface area contributed by atoms with E-state index < -0.39 is 17.8 Å². The van der Waals surface area contributed by atoms with Crippen LogP contribution >= 0.6 is 0 Å². The monoisotopic (exact) mass is 867 g/mol. The molecule has 0 heterocycles. The van der Waals surface area contributed by atoms with Crippen molar-refractivity contribution in [3.8, 4) is 0 Å². The molecule has 12 unspecified atom stereocenters. The van der Waals surface area contributed by atoms with E-state index >= 15 is 0 Å². The average molecular weight is 867 g/mol. The van der Waals surface area contributed by atoms with E-state index in [9.17, 15) is 15.3 Å². The molecule has 0 aromatic rings. The predicted molar refractivity (Wildman–Crippen MR) is 272 cm³/mol. The molecule has 2 saturated carbocycles. The largest absolute Gasteiger partial charge is 0.489 e. The van der Waals surface area contributed by atoms with Crippen LogP contribution < -0.4 is 0 Å². The molecule has 12 atom stereocenters. The maximum Gasteiger partial charge on any atom is 0.145 e. The van der Waals surface area contributed by atoms with Crippen LogP contribution in [0.15, 0.2) is 59.9 Å². The predicted octanol–water partition coefficient (Wildman–Crippen LogP) is 16.6. The quantitative estimate of drug-likeness (QED) is 0.0576. The topological polar surface area (TPSA) is 69.9 Å². The Morgan fingerprint density at radius 1 is 0.919 bits per heavy atom. The van der Waals surface area contributed by atoms with Gasteiger partial charge in [0.05, 0.1) is 18.0 Å². The first-order chi connectivity index (χ1) is 29.4. The molecule has 3 aliphatic rings. The Hall–Kier alpha value is -1.62. The van der Waals surface area contributed by atoms with E-state index in [1.54, 1.807) is 0 Å². The zero-order valence-corrected chi connectivity index (χ0v) is 43.8. The lowest BCUT2D eigenvalue weighted by Crippen LogP contribution is -2.40. The highest BCUT2D eigenvalue weighted by Gasteiger charge is 2.44. The molecule has 4 heteroatoms. The van der Waals surface area contributed by atoms with Crippen molar-refractivity contribution >= 4 is 0 Å². The van der Waals surface area contributed by atoms with Crippen LogP contribution in [-0.4, -0.2) is 39.2 Å². The molecule has 0 aliphatic heterocycles. The minimum Gasteiger partial charge on any atom is -0.489 e. The smallest absolute Gasteiger partial charge is 0.145 e. The summed E-state index contributed by atoms with van der Waals surface area (Å²) in [6.07, 6.45) is 34.6. The number of aliphatic hydroxyl groups excluding tert-OH is 2. The number of hydrogen-bond donors (Lipinski definition) is 3. The minimum absolute atomic E-state index is 0.154. The van der Waals surface area contributed by atoms with Gasteiger partial charge in [-0.05, 0) is 156 Å². The fourth-order valence-corrected chi connectivity index (χ4v) is 10.3. The van der Waals surface area contributed by atoms with Gasteiger partial charge in [-0.1, -0.05) is 183 Å². The maximum absolute atomic E-state index is 11.4. The molecule has 0 radical (unpaired) electrons. The molecule has 0 bridgehead atoms. The van der Waals surface area contributed by atoms with Crippen molar-refractivity contribution in [1.82, 2.24) is 0 Å². The van der Waals surface area contributed by atoms with Crippen molar-refractivity contribution in [2.45, 2.75) is 250 Å². The van der Waals surface area contributed by atoms with Crippen molar-refractivity contribution in [2.75, 3.05) is 0 Å².